The van der Waals surface area contributed by atoms with Gasteiger partial charge in [-0.1, -0.05) is 43.3 Å². The van der Waals surface area contributed by atoms with Crippen molar-refractivity contribution >= 4 is 17.4 Å². The molecule has 2 aromatic carbocycles. The minimum atomic E-state index is -0.600. The SMILES string of the molecule is CCCCSc1nnc2c(n1)O[C@@H](c1cc(OC)c(OC)cc1OC)Nc1ccccc1-2. The molecule has 1 aliphatic rings. The average molecular weight is 455 g/mol. The Labute approximate surface area is 191 Å². The zero-order valence-electron chi connectivity index (χ0n) is 18.5. The molecular formula is C23H26N4O4S. The maximum absolute atomic E-state index is 6.37. The molecule has 168 valence electrons. The van der Waals surface area contributed by atoms with Crippen LogP contribution in [-0.4, -0.2) is 42.3 Å². The molecule has 1 atom stereocenters. The molecule has 1 aliphatic heterocycles. The van der Waals surface area contributed by atoms with Gasteiger partial charge in [0.05, 0.1) is 26.9 Å². The number of nitrogens with one attached hydrogen (secondary N) is 1. The smallest absolute Gasteiger partial charge is 0.247 e. The third-order valence-corrected chi connectivity index (χ3v) is 6.00. The van der Waals surface area contributed by atoms with Gasteiger partial charge in [-0.25, -0.2) is 0 Å². The van der Waals surface area contributed by atoms with Crippen LogP contribution in [0, 0.1) is 0 Å². The van der Waals surface area contributed by atoms with E-state index >= 15 is 0 Å². The largest absolute Gasteiger partial charge is 0.496 e. The molecule has 3 aromatic rings. The minimum Gasteiger partial charge on any atom is -0.496 e. The van der Waals surface area contributed by atoms with Crippen LogP contribution < -0.4 is 24.3 Å². The van der Waals surface area contributed by atoms with Crippen molar-refractivity contribution in [2.24, 2.45) is 0 Å². The number of anilines is 1. The number of aromatic nitrogens is 3. The zero-order chi connectivity index (χ0) is 22.5. The Balaban J connectivity index is 1.79. The van der Waals surface area contributed by atoms with Crippen LogP contribution in [0.3, 0.4) is 0 Å². The molecule has 9 heteroatoms. The minimum absolute atomic E-state index is 0.415. The summed E-state index contributed by atoms with van der Waals surface area (Å²) in [7, 11) is 4.79. The van der Waals surface area contributed by atoms with Gasteiger partial charge in [0, 0.05) is 23.1 Å². The molecule has 32 heavy (non-hydrogen) atoms. The van der Waals surface area contributed by atoms with E-state index in [9.17, 15) is 0 Å². The fourth-order valence-electron chi connectivity index (χ4n) is 3.41. The fraction of sp³-hybridized carbons (Fsp3) is 0.348. The van der Waals surface area contributed by atoms with E-state index in [2.05, 4.69) is 27.4 Å². The average Bonchev–Trinajstić information content (AvgIpc) is 2.99. The molecular weight excluding hydrogens is 428 g/mol. The predicted octanol–water partition coefficient (Wildman–Crippen LogP) is 4.96. The van der Waals surface area contributed by atoms with Gasteiger partial charge in [-0.05, 0) is 18.6 Å². The van der Waals surface area contributed by atoms with E-state index in [-0.39, 0.29) is 0 Å². The molecule has 0 fully saturated rings. The summed E-state index contributed by atoms with van der Waals surface area (Å²) in [5.41, 5.74) is 3.06. The van der Waals surface area contributed by atoms with Crippen molar-refractivity contribution in [1.29, 1.82) is 0 Å². The van der Waals surface area contributed by atoms with Crippen LogP contribution >= 0.6 is 11.8 Å². The van der Waals surface area contributed by atoms with Crippen LogP contribution in [-0.2, 0) is 0 Å². The number of nitrogens with zero attached hydrogens (tertiary/aromatic N) is 3. The van der Waals surface area contributed by atoms with Crippen molar-refractivity contribution in [2.45, 2.75) is 31.1 Å². The number of thioether (sulfide) groups is 1. The van der Waals surface area contributed by atoms with Crippen molar-refractivity contribution < 1.29 is 18.9 Å². The third-order valence-electron chi connectivity index (χ3n) is 5.08. The Kier molecular flexibility index (Phi) is 6.84. The lowest BCUT2D eigenvalue weighted by Gasteiger charge is -2.22. The first-order valence-electron chi connectivity index (χ1n) is 10.4. The molecule has 0 radical (unpaired) electrons. The van der Waals surface area contributed by atoms with Crippen molar-refractivity contribution in [3.05, 3.63) is 42.0 Å². The number of methoxy groups -OCH3 is 3. The van der Waals surface area contributed by atoms with E-state index < -0.39 is 6.23 Å². The van der Waals surface area contributed by atoms with Gasteiger partial charge < -0.3 is 24.3 Å². The highest BCUT2D eigenvalue weighted by Crippen LogP contribution is 2.43. The van der Waals surface area contributed by atoms with E-state index in [1.54, 1.807) is 39.2 Å². The van der Waals surface area contributed by atoms with Gasteiger partial charge in [-0.2, -0.15) is 4.98 Å². The van der Waals surface area contributed by atoms with Crippen molar-refractivity contribution in [2.75, 3.05) is 32.4 Å². The van der Waals surface area contributed by atoms with E-state index in [0.29, 0.717) is 34.0 Å². The summed E-state index contributed by atoms with van der Waals surface area (Å²) in [6.07, 6.45) is 1.60. The first-order valence-corrected chi connectivity index (χ1v) is 11.4. The Morgan fingerprint density at radius 1 is 1.00 bits per heavy atom. The summed E-state index contributed by atoms with van der Waals surface area (Å²) in [5.74, 6) is 3.08. The van der Waals surface area contributed by atoms with Crippen molar-refractivity contribution in [3.8, 4) is 34.4 Å². The lowest BCUT2D eigenvalue weighted by molar-refractivity contribution is 0.218. The molecule has 0 amide bonds. The number of hydrogen-bond donors (Lipinski definition) is 1. The summed E-state index contributed by atoms with van der Waals surface area (Å²) in [4.78, 5) is 4.68. The number of rotatable bonds is 8. The number of ether oxygens (including phenoxy) is 4. The van der Waals surface area contributed by atoms with E-state index in [4.69, 9.17) is 18.9 Å². The van der Waals surface area contributed by atoms with Crippen LogP contribution in [0.2, 0.25) is 0 Å². The first kappa shape index (κ1) is 22.0. The molecule has 8 nitrogen and oxygen atoms in total. The van der Waals surface area contributed by atoms with Crippen LogP contribution in [0.4, 0.5) is 5.69 Å². The van der Waals surface area contributed by atoms with Gasteiger partial charge in [0.2, 0.25) is 17.3 Å². The number of benzene rings is 2. The van der Waals surface area contributed by atoms with E-state index in [1.165, 1.54) is 0 Å². The summed E-state index contributed by atoms with van der Waals surface area (Å²) in [6.45, 7) is 2.16. The third kappa shape index (κ3) is 4.38. The highest BCUT2D eigenvalue weighted by molar-refractivity contribution is 7.99. The second-order valence-electron chi connectivity index (χ2n) is 7.09. The molecule has 0 aliphatic carbocycles. The number of para-hydroxylation sites is 1. The Hall–Kier alpha value is -3.20. The van der Waals surface area contributed by atoms with Crippen molar-refractivity contribution in [3.63, 3.8) is 0 Å². The van der Waals surface area contributed by atoms with Gasteiger partial charge in [0.25, 0.3) is 0 Å². The number of unbranched alkanes of at least 4 members (excludes halogenated alkanes) is 1. The van der Waals surface area contributed by atoms with Gasteiger partial charge in [-0.15, -0.1) is 10.2 Å². The lowest BCUT2D eigenvalue weighted by Crippen LogP contribution is -2.18. The molecule has 2 heterocycles. The monoisotopic (exact) mass is 454 g/mol. The molecule has 0 saturated heterocycles. The van der Waals surface area contributed by atoms with Crippen LogP contribution in [0.25, 0.3) is 11.3 Å². The van der Waals surface area contributed by atoms with E-state index in [0.717, 1.165) is 35.4 Å². The maximum atomic E-state index is 6.37. The van der Waals surface area contributed by atoms with Crippen molar-refractivity contribution in [1.82, 2.24) is 15.2 Å². The van der Waals surface area contributed by atoms with Gasteiger partial charge >= 0.3 is 0 Å². The summed E-state index contributed by atoms with van der Waals surface area (Å²) >= 11 is 1.58. The Morgan fingerprint density at radius 2 is 1.75 bits per heavy atom. The Morgan fingerprint density at radius 3 is 2.50 bits per heavy atom. The van der Waals surface area contributed by atoms with Gasteiger partial charge in [0.15, 0.2) is 17.2 Å². The second kappa shape index (κ2) is 9.95. The standard InChI is InChI=1S/C23H26N4O4S/c1-5-6-11-32-23-25-22-20(26-27-23)14-9-7-8-10-16(14)24-21(31-22)15-12-18(29-3)19(30-4)13-17(15)28-2/h7-10,12-13,21,24H,5-6,11H2,1-4H3/t21-/m0/s1. The van der Waals surface area contributed by atoms with Crippen LogP contribution in [0.1, 0.15) is 31.6 Å². The highest BCUT2D eigenvalue weighted by Gasteiger charge is 2.29. The summed E-state index contributed by atoms with van der Waals surface area (Å²) in [6, 6.07) is 11.5. The summed E-state index contributed by atoms with van der Waals surface area (Å²) < 4.78 is 22.9. The number of fused-ring (bicyclic) bond motifs is 3. The van der Waals surface area contributed by atoms with Crippen LogP contribution in [0.5, 0.6) is 23.1 Å². The maximum Gasteiger partial charge on any atom is 0.247 e. The molecule has 0 spiro atoms. The normalized spacial score (nSPS) is 14.3. The molecule has 0 saturated carbocycles. The summed E-state index contributed by atoms with van der Waals surface area (Å²) in [5, 5.41) is 12.8. The van der Waals surface area contributed by atoms with Gasteiger partial charge in [0.1, 0.15) is 5.75 Å². The first-order chi connectivity index (χ1) is 15.7. The molecule has 0 unspecified atom stereocenters. The highest BCUT2D eigenvalue weighted by atomic mass is 32.2. The van der Waals surface area contributed by atoms with Gasteiger partial charge in [-0.3, -0.25) is 0 Å². The van der Waals surface area contributed by atoms with Crippen LogP contribution in [0.15, 0.2) is 41.6 Å². The fourth-order valence-corrected chi connectivity index (χ4v) is 4.28. The quantitative estimate of drug-likeness (QED) is 0.375. The molecule has 1 aromatic heterocycles. The lowest BCUT2D eigenvalue weighted by atomic mass is 10.1. The molecule has 4 rings (SSSR count). The second-order valence-corrected chi connectivity index (χ2v) is 8.15. The molecule has 1 N–H and O–H groups in total. The van der Waals surface area contributed by atoms with E-state index in [1.807, 2.05) is 30.3 Å². The zero-order valence-corrected chi connectivity index (χ0v) is 19.4. The predicted molar refractivity (Wildman–Crippen MR) is 124 cm³/mol. The topological polar surface area (TPSA) is 87.6 Å². The molecule has 0 bridgehead atoms. The number of hydrogen-bond acceptors (Lipinski definition) is 9. The Bertz CT molecular complexity index is 1100.